The zero-order valence-electron chi connectivity index (χ0n) is 13.8. The average Bonchev–Trinajstić information content (AvgIpc) is 2.59. The molecule has 1 amide bonds. The molecule has 0 saturated carbocycles. The summed E-state index contributed by atoms with van der Waals surface area (Å²) in [5.41, 5.74) is 0.461. The maximum Gasteiger partial charge on any atom is 0.321 e. The Morgan fingerprint density at radius 3 is 2.58 bits per heavy atom. The van der Waals surface area contributed by atoms with Crippen molar-refractivity contribution in [1.82, 2.24) is 20.3 Å². The summed E-state index contributed by atoms with van der Waals surface area (Å²) in [6, 6.07) is 5.37. The quantitative estimate of drug-likeness (QED) is 0.794. The number of nitrogens with one attached hydrogen (secondary N) is 1. The van der Waals surface area contributed by atoms with Gasteiger partial charge in [-0.05, 0) is 34.1 Å². The normalized spacial score (nSPS) is 10.2. The third kappa shape index (κ3) is 4.31. The molecule has 0 aliphatic rings. The zero-order chi connectivity index (χ0) is 17.7. The fraction of sp³-hybridized carbons (Fsp3) is 0.333. The van der Waals surface area contributed by atoms with Crippen LogP contribution in [0.25, 0.3) is 0 Å². The van der Waals surface area contributed by atoms with Gasteiger partial charge in [-0.1, -0.05) is 0 Å². The first-order valence-electron chi connectivity index (χ1n) is 7.02. The van der Waals surface area contributed by atoms with Crippen LogP contribution in [0.15, 0.2) is 22.7 Å². The molecule has 0 aliphatic carbocycles. The van der Waals surface area contributed by atoms with Gasteiger partial charge in [-0.3, -0.25) is 4.79 Å². The van der Waals surface area contributed by atoms with Crippen LogP contribution in [0.2, 0.25) is 0 Å². The number of halogens is 1. The number of anilines is 1. The molecule has 1 heterocycles. The van der Waals surface area contributed by atoms with Gasteiger partial charge in [-0.15, -0.1) is 0 Å². The second-order valence-corrected chi connectivity index (χ2v) is 5.82. The maximum absolute atomic E-state index is 12.4. The van der Waals surface area contributed by atoms with E-state index in [1.165, 1.54) is 7.11 Å². The minimum Gasteiger partial charge on any atom is -0.497 e. The number of amides is 1. The first kappa shape index (κ1) is 17.9. The van der Waals surface area contributed by atoms with E-state index in [1.54, 1.807) is 30.2 Å². The van der Waals surface area contributed by atoms with Crippen molar-refractivity contribution < 1.29 is 14.3 Å². The molecule has 0 bridgehead atoms. The molecule has 0 spiro atoms. The summed E-state index contributed by atoms with van der Waals surface area (Å²) in [6.45, 7) is 0.141. The van der Waals surface area contributed by atoms with Crippen LogP contribution in [0, 0.1) is 0 Å². The number of carbonyl (C=O) groups excluding carboxylic acids is 1. The Hall–Kier alpha value is -2.42. The average molecular weight is 396 g/mol. The predicted octanol–water partition coefficient (Wildman–Crippen LogP) is 1.65. The summed E-state index contributed by atoms with van der Waals surface area (Å²) >= 11 is 3.36. The molecular weight excluding hydrogens is 378 g/mol. The van der Waals surface area contributed by atoms with E-state index in [-0.39, 0.29) is 18.5 Å². The lowest BCUT2D eigenvalue weighted by Crippen LogP contribution is -2.25. The molecular formula is C15H18BrN5O3. The van der Waals surface area contributed by atoms with Gasteiger partial charge in [0.05, 0.1) is 26.3 Å². The monoisotopic (exact) mass is 395 g/mol. The molecule has 1 aromatic carbocycles. The second-order valence-electron chi connectivity index (χ2n) is 4.96. The fourth-order valence-electron chi connectivity index (χ4n) is 1.82. The number of carbonyl (C=O) groups is 1. The molecule has 0 unspecified atom stereocenters. The van der Waals surface area contributed by atoms with E-state index >= 15 is 0 Å². The molecule has 1 N–H and O–H groups in total. The van der Waals surface area contributed by atoms with Gasteiger partial charge in [0, 0.05) is 18.6 Å². The third-order valence-corrected chi connectivity index (χ3v) is 3.75. The number of nitrogens with zero attached hydrogens (tertiary/aromatic N) is 4. The first-order valence-corrected chi connectivity index (χ1v) is 7.82. The van der Waals surface area contributed by atoms with E-state index in [2.05, 4.69) is 36.2 Å². The molecule has 0 fully saturated rings. The summed E-state index contributed by atoms with van der Waals surface area (Å²) in [7, 11) is 6.64. The Morgan fingerprint density at radius 1 is 1.21 bits per heavy atom. The third-order valence-electron chi connectivity index (χ3n) is 3.06. The van der Waals surface area contributed by atoms with Crippen molar-refractivity contribution in [3.8, 4) is 11.8 Å². The van der Waals surface area contributed by atoms with Gasteiger partial charge < -0.3 is 19.7 Å². The van der Waals surface area contributed by atoms with Gasteiger partial charge in [-0.25, -0.2) is 0 Å². The van der Waals surface area contributed by atoms with Gasteiger partial charge in [0.2, 0.25) is 5.95 Å². The van der Waals surface area contributed by atoms with Crippen LogP contribution in [0.3, 0.4) is 0 Å². The van der Waals surface area contributed by atoms with Gasteiger partial charge in [0.25, 0.3) is 5.91 Å². The lowest BCUT2D eigenvalue weighted by Gasteiger charge is -2.12. The molecule has 8 nitrogen and oxygen atoms in total. The standard InChI is InChI=1S/C15H18BrN5O3/c1-21(2)14-18-12(19-15(20-14)24-4)8-17-13(22)10-7-9(23-3)5-6-11(10)16/h5-7H,8H2,1-4H3,(H,17,22). The highest BCUT2D eigenvalue weighted by Crippen LogP contribution is 2.22. The van der Waals surface area contributed by atoms with Crippen molar-refractivity contribution in [2.45, 2.75) is 6.54 Å². The van der Waals surface area contributed by atoms with Crippen molar-refractivity contribution in [1.29, 1.82) is 0 Å². The molecule has 2 aromatic rings. The Morgan fingerprint density at radius 2 is 1.96 bits per heavy atom. The SMILES string of the molecule is COc1ccc(Br)c(C(=O)NCc2nc(OC)nc(N(C)C)n2)c1. The van der Waals surface area contributed by atoms with Crippen LogP contribution in [0.5, 0.6) is 11.8 Å². The Labute approximate surface area is 148 Å². The zero-order valence-corrected chi connectivity index (χ0v) is 15.4. The molecule has 2 rings (SSSR count). The number of benzene rings is 1. The van der Waals surface area contributed by atoms with Crippen molar-refractivity contribution in [3.63, 3.8) is 0 Å². The number of rotatable bonds is 6. The lowest BCUT2D eigenvalue weighted by atomic mass is 10.2. The van der Waals surface area contributed by atoms with Gasteiger partial charge >= 0.3 is 6.01 Å². The highest BCUT2D eigenvalue weighted by Gasteiger charge is 2.13. The first-order chi connectivity index (χ1) is 11.4. The summed E-state index contributed by atoms with van der Waals surface area (Å²) < 4.78 is 10.9. The molecule has 0 atom stereocenters. The fourth-order valence-corrected chi connectivity index (χ4v) is 2.24. The molecule has 0 radical (unpaired) electrons. The highest BCUT2D eigenvalue weighted by molar-refractivity contribution is 9.10. The smallest absolute Gasteiger partial charge is 0.321 e. The predicted molar refractivity (Wildman–Crippen MR) is 92.6 cm³/mol. The van der Waals surface area contributed by atoms with E-state index in [0.29, 0.717) is 27.6 Å². The van der Waals surface area contributed by atoms with E-state index < -0.39 is 0 Å². The van der Waals surface area contributed by atoms with Crippen LogP contribution in [-0.4, -0.2) is 49.2 Å². The van der Waals surface area contributed by atoms with Crippen molar-refractivity contribution in [2.24, 2.45) is 0 Å². The Kier molecular flexibility index (Phi) is 5.91. The van der Waals surface area contributed by atoms with Crippen molar-refractivity contribution >= 4 is 27.8 Å². The molecule has 1 aromatic heterocycles. The van der Waals surface area contributed by atoms with Crippen LogP contribution < -0.4 is 19.7 Å². The van der Waals surface area contributed by atoms with E-state index in [4.69, 9.17) is 9.47 Å². The van der Waals surface area contributed by atoms with Gasteiger partial charge in [0.15, 0.2) is 5.82 Å². The minimum atomic E-state index is -0.272. The lowest BCUT2D eigenvalue weighted by molar-refractivity contribution is 0.0948. The van der Waals surface area contributed by atoms with Crippen LogP contribution in [0.1, 0.15) is 16.2 Å². The van der Waals surface area contributed by atoms with Crippen molar-refractivity contribution in [3.05, 3.63) is 34.1 Å². The Balaban J connectivity index is 2.16. The number of ether oxygens (including phenoxy) is 2. The maximum atomic E-state index is 12.4. The van der Waals surface area contributed by atoms with E-state index in [1.807, 2.05) is 14.1 Å². The van der Waals surface area contributed by atoms with E-state index in [0.717, 1.165) is 0 Å². The second kappa shape index (κ2) is 7.91. The molecule has 0 saturated heterocycles. The summed E-state index contributed by atoms with van der Waals surface area (Å²) in [4.78, 5) is 26.6. The highest BCUT2D eigenvalue weighted by atomic mass is 79.9. The molecule has 0 aliphatic heterocycles. The van der Waals surface area contributed by atoms with Crippen LogP contribution in [0.4, 0.5) is 5.95 Å². The van der Waals surface area contributed by atoms with Crippen LogP contribution >= 0.6 is 15.9 Å². The number of hydrogen-bond acceptors (Lipinski definition) is 7. The summed E-state index contributed by atoms with van der Waals surface area (Å²) in [5.74, 6) is 1.18. The summed E-state index contributed by atoms with van der Waals surface area (Å²) in [5, 5.41) is 2.77. The topological polar surface area (TPSA) is 89.5 Å². The molecule has 9 heteroatoms. The number of methoxy groups -OCH3 is 2. The Bertz CT molecular complexity index is 739. The van der Waals surface area contributed by atoms with E-state index in [9.17, 15) is 4.79 Å². The summed E-state index contributed by atoms with van der Waals surface area (Å²) in [6.07, 6.45) is 0. The van der Waals surface area contributed by atoms with Crippen molar-refractivity contribution in [2.75, 3.05) is 33.2 Å². The van der Waals surface area contributed by atoms with Gasteiger partial charge in [0.1, 0.15) is 5.75 Å². The molecule has 128 valence electrons. The number of aromatic nitrogens is 3. The van der Waals surface area contributed by atoms with Crippen LogP contribution in [-0.2, 0) is 6.54 Å². The minimum absolute atomic E-state index is 0.141. The number of hydrogen-bond donors (Lipinski definition) is 1. The van der Waals surface area contributed by atoms with Gasteiger partial charge in [-0.2, -0.15) is 15.0 Å². The largest absolute Gasteiger partial charge is 0.497 e. The molecule has 24 heavy (non-hydrogen) atoms.